The van der Waals surface area contributed by atoms with E-state index in [0.717, 1.165) is 51.1 Å². The van der Waals surface area contributed by atoms with Crippen LogP contribution in [0.2, 0.25) is 0 Å². The van der Waals surface area contributed by atoms with Crippen molar-refractivity contribution in [2.75, 3.05) is 19.8 Å². The van der Waals surface area contributed by atoms with Crippen LogP contribution in [0.25, 0.3) is 0 Å². The highest BCUT2D eigenvalue weighted by Crippen LogP contribution is 2.36. The SMILES string of the molecule is NC1CCc2cc(OC3CCOC4(CCOC4)C3)ccc21. The van der Waals surface area contributed by atoms with Crippen LogP contribution in [0.1, 0.15) is 42.9 Å². The molecule has 1 aromatic carbocycles. The maximum absolute atomic E-state index is 6.23. The quantitative estimate of drug-likeness (QED) is 0.908. The molecule has 3 atom stereocenters. The minimum atomic E-state index is -0.0952. The van der Waals surface area contributed by atoms with E-state index >= 15 is 0 Å². The molecule has 4 heteroatoms. The van der Waals surface area contributed by atoms with Gasteiger partial charge in [-0.1, -0.05) is 6.07 Å². The van der Waals surface area contributed by atoms with Crippen LogP contribution in [0.3, 0.4) is 0 Å². The van der Waals surface area contributed by atoms with Gasteiger partial charge in [0, 0.05) is 31.9 Å². The van der Waals surface area contributed by atoms with Crippen LogP contribution in [0.5, 0.6) is 5.75 Å². The number of hydrogen-bond acceptors (Lipinski definition) is 4. The molecule has 4 rings (SSSR count). The largest absolute Gasteiger partial charge is 0.490 e. The van der Waals surface area contributed by atoms with Gasteiger partial charge in [-0.25, -0.2) is 0 Å². The molecular formula is C17H23NO3. The van der Waals surface area contributed by atoms with Gasteiger partial charge in [0.1, 0.15) is 11.9 Å². The van der Waals surface area contributed by atoms with Gasteiger partial charge < -0.3 is 19.9 Å². The third-order valence-electron chi connectivity index (χ3n) is 5.06. The molecule has 1 aliphatic carbocycles. The highest BCUT2D eigenvalue weighted by atomic mass is 16.6. The van der Waals surface area contributed by atoms with E-state index in [1.165, 1.54) is 11.1 Å². The van der Waals surface area contributed by atoms with Crippen LogP contribution in [0.4, 0.5) is 0 Å². The Labute approximate surface area is 125 Å². The fourth-order valence-corrected chi connectivity index (χ4v) is 3.84. The Morgan fingerprint density at radius 2 is 2.19 bits per heavy atom. The molecule has 2 N–H and O–H groups in total. The van der Waals surface area contributed by atoms with E-state index in [9.17, 15) is 0 Å². The molecule has 4 nitrogen and oxygen atoms in total. The summed E-state index contributed by atoms with van der Waals surface area (Å²) >= 11 is 0. The second-order valence-corrected chi connectivity index (χ2v) is 6.57. The molecule has 0 radical (unpaired) electrons. The average Bonchev–Trinajstić information content (AvgIpc) is 3.07. The summed E-state index contributed by atoms with van der Waals surface area (Å²) in [5.74, 6) is 0.976. The van der Waals surface area contributed by atoms with Crippen LogP contribution >= 0.6 is 0 Å². The molecule has 0 aromatic heterocycles. The zero-order valence-corrected chi connectivity index (χ0v) is 12.3. The van der Waals surface area contributed by atoms with Crippen molar-refractivity contribution in [3.05, 3.63) is 29.3 Å². The molecule has 2 heterocycles. The van der Waals surface area contributed by atoms with Crippen LogP contribution in [0.15, 0.2) is 18.2 Å². The van der Waals surface area contributed by atoms with Crippen molar-refractivity contribution in [2.24, 2.45) is 5.73 Å². The lowest BCUT2D eigenvalue weighted by Crippen LogP contribution is -2.44. The van der Waals surface area contributed by atoms with Crippen molar-refractivity contribution in [3.8, 4) is 5.75 Å². The summed E-state index contributed by atoms with van der Waals surface area (Å²) < 4.78 is 17.7. The van der Waals surface area contributed by atoms with E-state index in [0.29, 0.717) is 6.61 Å². The average molecular weight is 289 g/mol. The number of nitrogens with two attached hydrogens (primary N) is 1. The number of benzene rings is 1. The molecule has 2 fully saturated rings. The third-order valence-corrected chi connectivity index (χ3v) is 5.06. The van der Waals surface area contributed by atoms with Gasteiger partial charge in [0.25, 0.3) is 0 Å². The zero-order chi connectivity index (χ0) is 14.3. The Bertz CT molecular complexity index is 525. The minimum absolute atomic E-state index is 0.0952. The molecule has 21 heavy (non-hydrogen) atoms. The first-order chi connectivity index (χ1) is 10.2. The highest BCUT2D eigenvalue weighted by molar-refractivity contribution is 5.40. The number of aryl methyl sites for hydroxylation is 1. The lowest BCUT2D eigenvalue weighted by atomic mass is 9.91. The maximum Gasteiger partial charge on any atom is 0.120 e. The predicted octanol–water partition coefficient (Wildman–Crippen LogP) is 2.35. The molecule has 1 spiro atoms. The van der Waals surface area contributed by atoms with Gasteiger partial charge >= 0.3 is 0 Å². The Balaban J connectivity index is 1.46. The van der Waals surface area contributed by atoms with Crippen LogP contribution in [0, 0.1) is 0 Å². The summed E-state index contributed by atoms with van der Waals surface area (Å²) in [5.41, 5.74) is 8.63. The molecule has 3 unspecified atom stereocenters. The van der Waals surface area contributed by atoms with Crippen LogP contribution in [-0.2, 0) is 15.9 Å². The van der Waals surface area contributed by atoms with E-state index in [2.05, 4.69) is 18.2 Å². The Hall–Kier alpha value is -1.10. The zero-order valence-electron chi connectivity index (χ0n) is 12.3. The molecule has 3 aliphatic rings. The molecule has 0 amide bonds. The molecule has 1 aromatic rings. The molecule has 0 saturated carbocycles. The fraction of sp³-hybridized carbons (Fsp3) is 0.647. The first-order valence-corrected chi connectivity index (χ1v) is 8.01. The number of rotatable bonds is 2. The standard InChI is InChI=1S/C17H23NO3/c18-16-4-1-12-9-13(2-3-15(12)16)21-14-5-7-20-17(10-14)6-8-19-11-17/h2-3,9,14,16H,1,4-8,10-11,18H2. The summed E-state index contributed by atoms with van der Waals surface area (Å²) in [6.07, 6.45) is 5.23. The first-order valence-electron chi connectivity index (χ1n) is 8.01. The minimum Gasteiger partial charge on any atom is -0.490 e. The van der Waals surface area contributed by atoms with Crippen molar-refractivity contribution >= 4 is 0 Å². The number of fused-ring (bicyclic) bond motifs is 1. The molecule has 0 bridgehead atoms. The van der Waals surface area contributed by atoms with Gasteiger partial charge in [0.15, 0.2) is 0 Å². The molecular weight excluding hydrogens is 266 g/mol. The van der Waals surface area contributed by atoms with Gasteiger partial charge in [-0.2, -0.15) is 0 Å². The molecule has 114 valence electrons. The molecule has 2 aliphatic heterocycles. The summed E-state index contributed by atoms with van der Waals surface area (Å²) in [5, 5.41) is 0. The summed E-state index contributed by atoms with van der Waals surface area (Å²) in [6, 6.07) is 6.58. The topological polar surface area (TPSA) is 53.7 Å². The summed E-state index contributed by atoms with van der Waals surface area (Å²) in [4.78, 5) is 0. The lowest BCUT2D eigenvalue weighted by molar-refractivity contribution is -0.112. The normalized spacial score (nSPS) is 35.1. The van der Waals surface area contributed by atoms with Crippen molar-refractivity contribution in [1.29, 1.82) is 0 Å². The monoisotopic (exact) mass is 289 g/mol. The van der Waals surface area contributed by atoms with Gasteiger partial charge in [0.05, 0.1) is 18.8 Å². The van der Waals surface area contributed by atoms with Gasteiger partial charge in [-0.3, -0.25) is 0 Å². The number of hydrogen-bond donors (Lipinski definition) is 1. The van der Waals surface area contributed by atoms with Crippen molar-refractivity contribution in [2.45, 2.75) is 49.9 Å². The van der Waals surface area contributed by atoms with Crippen molar-refractivity contribution in [1.82, 2.24) is 0 Å². The summed E-state index contributed by atoms with van der Waals surface area (Å²) in [7, 11) is 0. The Morgan fingerprint density at radius 1 is 1.24 bits per heavy atom. The van der Waals surface area contributed by atoms with E-state index in [1.807, 2.05) is 0 Å². The Morgan fingerprint density at radius 3 is 3.05 bits per heavy atom. The van der Waals surface area contributed by atoms with Crippen molar-refractivity contribution in [3.63, 3.8) is 0 Å². The van der Waals surface area contributed by atoms with Crippen LogP contribution in [-0.4, -0.2) is 31.5 Å². The Kier molecular flexibility index (Phi) is 3.40. The highest BCUT2D eigenvalue weighted by Gasteiger charge is 2.41. The van der Waals surface area contributed by atoms with E-state index in [4.69, 9.17) is 19.9 Å². The van der Waals surface area contributed by atoms with E-state index < -0.39 is 0 Å². The van der Waals surface area contributed by atoms with E-state index in [1.54, 1.807) is 0 Å². The van der Waals surface area contributed by atoms with Crippen molar-refractivity contribution < 1.29 is 14.2 Å². The first kappa shape index (κ1) is 13.6. The van der Waals surface area contributed by atoms with Gasteiger partial charge in [-0.05, 0) is 36.1 Å². The fourth-order valence-electron chi connectivity index (χ4n) is 3.84. The van der Waals surface area contributed by atoms with Crippen LogP contribution < -0.4 is 10.5 Å². The summed E-state index contributed by atoms with van der Waals surface area (Å²) in [6.45, 7) is 2.29. The predicted molar refractivity (Wildman–Crippen MR) is 79.5 cm³/mol. The van der Waals surface area contributed by atoms with Gasteiger partial charge in [0.2, 0.25) is 0 Å². The maximum atomic E-state index is 6.23. The second-order valence-electron chi connectivity index (χ2n) is 6.57. The smallest absolute Gasteiger partial charge is 0.120 e. The van der Waals surface area contributed by atoms with Gasteiger partial charge in [-0.15, -0.1) is 0 Å². The van der Waals surface area contributed by atoms with E-state index in [-0.39, 0.29) is 17.7 Å². The second kappa shape index (κ2) is 5.27. The lowest BCUT2D eigenvalue weighted by Gasteiger charge is -2.37. The molecule has 2 saturated heterocycles. The number of ether oxygens (including phenoxy) is 3. The third kappa shape index (κ3) is 2.56.